The smallest absolute Gasteiger partial charge is 0.101 e. The lowest BCUT2D eigenvalue weighted by molar-refractivity contribution is 0.954. The van der Waals surface area contributed by atoms with E-state index in [9.17, 15) is 0 Å². The van der Waals surface area contributed by atoms with Crippen molar-refractivity contribution < 1.29 is 0 Å². The van der Waals surface area contributed by atoms with Crippen LogP contribution < -0.4 is 5.32 Å². The van der Waals surface area contributed by atoms with Gasteiger partial charge in [-0.15, -0.1) is 0 Å². The number of benzene rings is 3. The second-order valence-electron chi connectivity index (χ2n) is 6.52. The van der Waals surface area contributed by atoms with Crippen molar-refractivity contribution in [1.29, 1.82) is 0 Å². The van der Waals surface area contributed by atoms with Crippen LogP contribution in [-0.2, 0) is 6.42 Å². The Morgan fingerprint density at radius 3 is 2.60 bits per heavy atom. The van der Waals surface area contributed by atoms with Gasteiger partial charge in [-0.05, 0) is 34.0 Å². The number of hydrogen-bond acceptors (Lipinski definition) is 2. The normalized spacial score (nSPS) is 14.0. The Bertz CT molecular complexity index is 1100. The number of para-hydroxylation sites is 1. The highest BCUT2D eigenvalue weighted by Crippen LogP contribution is 2.32. The molecule has 2 heterocycles. The second kappa shape index (κ2) is 5.78. The number of H-pyrrole nitrogens is 1. The molecule has 1 aliphatic rings. The standard InChI is InChI=1S/C22H19N3/c1-2-6-16-13-17(10-9-15(16)5-1)22-19(14-21-23-11-12-24-21)18-7-3-4-8-20(18)25-22/h1-10,13,25H,11-12,14H2,(H,23,24). The molecular weight excluding hydrogens is 306 g/mol. The van der Waals surface area contributed by atoms with Crippen LogP contribution in [0.15, 0.2) is 71.7 Å². The van der Waals surface area contributed by atoms with Crippen molar-refractivity contribution in [3.63, 3.8) is 0 Å². The number of fused-ring (bicyclic) bond motifs is 2. The molecule has 0 saturated heterocycles. The molecule has 25 heavy (non-hydrogen) atoms. The molecule has 1 aromatic heterocycles. The van der Waals surface area contributed by atoms with Crippen molar-refractivity contribution in [1.82, 2.24) is 10.3 Å². The van der Waals surface area contributed by atoms with Crippen LogP contribution >= 0.6 is 0 Å². The lowest BCUT2D eigenvalue weighted by Gasteiger charge is -2.07. The summed E-state index contributed by atoms with van der Waals surface area (Å²) in [6.45, 7) is 1.83. The van der Waals surface area contributed by atoms with Crippen molar-refractivity contribution in [2.24, 2.45) is 4.99 Å². The second-order valence-corrected chi connectivity index (χ2v) is 6.52. The van der Waals surface area contributed by atoms with Gasteiger partial charge in [0.15, 0.2) is 0 Å². The summed E-state index contributed by atoms with van der Waals surface area (Å²) < 4.78 is 0. The fourth-order valence-electron chi connectivity index (χ4n) is 3.71. The lowest BCUT2D eigenvalue weighted by Crippen LogP contribution is -2.20. The summed E-state index contributed by atoms with van der Waals surface area (Å²) in [6, 6.07) is 23.7. The van der Waals surface area contributed by atoms with Gasteiger partial charge in [0.1, 0.15) is 5.84 Å². The van der Waals surface area contributed by atoms with E-state index in [4.69, 9.17) is 0 Å². The maximum Gasteiger partial charge on any atom is 0.101 e. The molecule has 0 aliphatic carbocycles. The topological polar surface area (TPSA) is 40.2 Å². The molecule has 1 aliphatic heterocycles. The Hall–Kier alpha value is -3.07. The van der Waals surface area contributed by atoms with Gasteiger partial charge in [-0.3, -0.25) is 4.99 Å². The maximum absolute atomic E-state index is 4.59. The number of aromatic nitrogens is 1. The van der Waals surface area contributed by atoms with Crippen LogP contribution in [-0.4, -0.2) is 23.9 Å². The lowest BCUT2D eigenvalue weighted by atomic mass is 9.99. The predicted molar refractivity (Wildman–Crippen MR) is 105 cm³/mol. The molecule has 3 heteroatoms. The minimum Gasteiger partial charge on any atom is -0.372 e. The summed E-state index contributed by atoms with van der Waals surface area (Å²) in [5.41, 5.74) is 4.92. The molecule has 122 valence electrons. The molecule has 0 radical (unpaired) electrons. The Balaban J connectivity index is 1.70. The first-order valence-electron chi connectivity index (χ1n) is 8.74. The fraction of sp³-hybridized carbons (Fsp3) is 0.136. The minimum absolute atomic E-state index is 0.839. The van der Waals surface area contributed by atoms with Gasteiger partial charge in [0.2, 0.25) is 0 Å². The van der Waals surface area contributed by atoms with Gasteiger partial charge >= 0.3 is 0 Å². The molecule has 0 unspecified atom stereocenters. The third-order valence-corrected chi connectivity index (χ3v) is 4.94. The average Bonchev–Trinajstić information content (AvgIpc) is 3.30. The van der Waals surface area contributed by atoms with Crippen LogP contribution in [0.4, 0.5) is 0 Å². The highest BCUT2D eigenvalue weighted by molar-refractivity contribution is 5.98. The zero-order valence-electron chi connectivity index (χ0n) is 13.9. The predicted octanol–water partition coefficient (Wildman–Crippen LogP) is 4.53. The highest BCUT2D eigenvalue weighted by Gasteiger charge is 2.16. The molecule has 0 atom stereocenters. The third kappa shape index (κ3) is 2.49. The number of aliphatic imine (C=N–C) groups is 1. The van der Waals surface area contributed by atoms with Gasteiger partial charge in [0.05, 0.1) is 12.2 Å². The van der Waals surface area contributed by atoms with E-state index in [0.717, 1.165) is 25.3 Å². The van der Waals surface area contributed by atoms with Crippen molar-refractivity contribution >= 4 is 27.5 Å². The first-order chi connectivity index (χ1) is 12.4. The number of aromatic amines is 1. The third-order valence-electron chi connectivity index (χ3n) is 4.94. The van der Waals surface area contributed by atoms with E-state index < -0.39 is 0 Å². The van der Waals surface area contributed by atoms with E-state index >= 15 is 0 Å². The van der Waals surface area contributed by atoms with Crippen LogP contribution in [0.2, 0.25) is 0 Å². The van der Waals surface area contributed by atoms with E-state index in [1.165, 1.54) is 38.5 Å². The zero-order valence-corrected chi connectivity index (χ0v) is 13.9. The number of amidine groups is 1. The number of hydrogen-bond donors (Lipinski definition) is 2. The van der Waals surface area contributed by atoms with E-state index in [1.807, 2.05) is 0 Å². The summed E-state index contributed by atoms with van der Waals surface area (Å²) in [5, 5.41) is 7.22. The average molecular weight is 325 g/mol. The fourth-order valence-corrected chi connectivity index (χ4v) is 3.71. The van der Waals surface area contributed by atoms with Crippen molar-refractivity contribution in [3.8, 4) is 11.3 Å². The Kier molecular flexibility index (Phi) is 3.30. The van der Waals surface area contributed by atoms with Crippen LogP contribution in [0.1, 0.15) is 5.56 Å². The summed E-state index contributed by atoms with van der Waals surface area (Å²) in [4.78, 5) is 8.23. The molecule has 5 rings (SSSR count). The molecule has 4 aromatic rings. The van der Waals surface area contributed by atoms with Crippen molar-refractivity contribution in [2.45, 2.75) is 6.42 Å². The number of nitrogens with one attached hydrogen (secondary N) is 2. The molecular formula is C22H19N3. The first kappa shape index (κ1) is 14.3. The van der Waals surface area contributed by atoms with E-state index in [-0.39, 0.29) is 0 Å². The van der Waals surface area contributed by atoms with Gasteiger partial charge in [-0.2, -0.15) is 0 Å². The van der Waals surface area contributed by atoms with Gasteiger partial charge in [0, 0.05) is 23.9 Å². The van der Waals surface area contributed by atoms with Crippen molar-refractivity contribution in [2.75, 3.05) is 13.1 Å². The molecule has 3 aromatic carbocycles. The Labute approximate surface area is 146 Å². The SMILES string of the molecule is c1ccc2cc(-c3[nH]c4ccccc4c3CC3=NCCN3)ccc2c1. The molecule has 0 spiro atoms. The quantitative estimate of drug-likeness (QED) is 0.571. The van der Waals surface area contributed by atoms with Crippen LogP contribution in [0.3, 0.4) is 0 Å². The van der Waals surface area contributed by atoms with Gasteiger partial charge in [-0.25, -0.2) is 0 Å². The molecule has 0 bridgehead atoms. The monoisotopic (exact) mass is 325 g/mol. The molecule has 3 nitrogen and oxygen atoms in total. The van der Waals surface area contributed by atoms with Crippen LogP contribution in [0.25, 0.3) is 32.9 Å². The number of rotatable bonds is 3. The van der Waals surface area contributed by atoms with E-state index in [0.29, 0.717) is 0 Å². The first-order valence-corrected chi connectivity index (χ1v) is 8.74. The summed E-state index contributed by atoms with van der Waals surface area (Å²) >= 11 is 0. The van der Waals surface area contributed by atoms with E-state index in [2.05, 4.69) is 82.0 Å². The Morgan fingerprint density at radius 1 is 0.880 bits per heavy atom. The van der Waals surface area contributed by atoms with Gasteiger partial charge < -0.3 is 10.3 Å². The Morgan fingerprint density at radius 2 is 1.72 bits per heavy atom. The van der Waals surface area contributed by atoms with Crippen LogP contribution in [0.5, 0.6) is 0 Å². The summed E-state index contributed by atoms with van der Waals surface area (Å²) in [7, 11) is 0. The van der Waals surface area contributed by atoms with Gasteiger partial charge in [-0.1, -0.05) is 54.6 Å². The molecule has 0 saturated carbocycles. The number of nitrogens with zero attached hydrogens (tertiary/aromatic N) is 1. The molecule has 2 N–H and O–H groups in total. The maximum atomic E-state index is 4.59. The molecule has 0 amide bonds. The van der Waals surface area contributed by atoms with Crippen molar-refractivity contribution in [3.05, 3.63) is 72.3 Å². The van der Waals surface area contributed by atoms with Gasteiger partial charge in [0.25, 0.3) is 0 Å². The van der Waals surface area contributed by atoms with E-state index in [1.54, 1.807) is 0 Å². The zero-order chi connectivity index (χ0) is 16.6. The largest absolute Gasteiger partial charge is 0.372 e. The molecule has 0 fully saturated rings. The highest BCUT2D eigenvalue weighted by atomic mass is 15.1. The minimum atomic E-state index is 0.839. The summed E-state index contributed by atoms with van der Waals surface area (Å²) in [6.07, 6.45) is 0.839. The van der Waals surface area contributed by atoms with Crippen LogP contribution in [0, 0.1) is 0 Å². The summed E-state index contributed by atoms with van der Waals surface area (Å²) in [5.74, 6) is 1.09.